The predicted octanol–water partition coefficient (Wildman–Crippen LogP) is 3.24. The molecule has 0 aliphatic heterocycles. The quantitative estimate of drug-likeness (QED) is 0.803. The standard InChI is InChI=1S/C15H26N2O2/c1-18-10-9-16-12-15-17-11-14(19-15)13-7-5-3-2-4-6-8-13/h11,13,16H,2-10,12H2,1H3. The maximum absolute atomic E-state index is 5.89. The van der Waals surface area contributed by atoms with Crippen molar-refractivity contribution in [3.8, 4) is 0 Å². The van der Waals surface area contributed by atoms with Crippen LogP contribution in [0.1, 0.15) is 62.5 Å². The van der Waals surface area contributed by atoms with Gasteiger partial charge in [-0.05, 0) is 12.8 Å². The molecule has 1 aromatic heterocycles. The van der Waals surface area contributed by atoms with Gasteiger partial charge in [0.25, 0.3) is 0 Å². The number of nitrogens with zero attached hydrogens (tertiary/aromatic N) is 1. The zero-order valence-corrected chi connectivity index (χ0v) is 12.0. The minimum Gasteiger partial charge on any atom is -0.444 e. The minimum atomic E-state index is 0.584. The Kier molecular flexibility index (Phi) is 6.37. The van der Waals surface area contributed by atoms with Crippen LogP contribution in [0, 0.1) is 0 Å². The summed E-state index contributed by atoms with van der Waals surface area (Å²) in [7, 11) is 1.71. The molecule has 0 aromatic carbocycles. The van der Waals surface area contributed by atoms with E-state index in [1.54, 1.807) is 7.11 Å². The molecule has 1 heterocycles. The van der Waals surface area contributed by atoms with E-state index < -0.39 is 0 Å². The van der Waals surface area contributed by atoms with Gasteiger partial charge in [0.1, 0.15) is 5.76 Å². The van der Waals surface area contributed by atoms with Crippen LogP contribution in [0.4, 0.5) is 0 Å². The molecular formula is C15H26N2O2. The predicted molar refractivity (Wildman–Crippen MR) is 75.1 cm³/mol. The van der Waals surface area contributed by atoms with Crippen molar-refractivity contribution in [1.29, 1.82) is 0 Å². The molecule has 2 rings (SSSR count). The van der Waals surface area contributed by atoms with E-state index in [0.29, 0.717) is 12.5 Å². The van der Waals surface area contributed by atoms with E-state index >= 15 is 0 Å². The largest absolute Gasteiger partial charge is 0.444 e. The Labute approximate surface area is 115 Å². The number of nitrogens with one attached hydrogen (secondary N) is 1. The number of ether oxygens (including phenoxy) is 1. The topological polar surface area (TPSA) is 47.3 Å². The Hall–Kier alpha value is -0.870. The molecule has 1 fully saturated rings. The maximum atomic E-state index is 5.89. The number of oxazole rings is 1. The molecule has 1 aliphatic carbocycles. The van der Waals surface area contributed by atoms with E-state index in [0.717, 1.165) is 24.8 Å². The fraction of sp³-hybridized carbons (Fsp3) is 0.800. The normalized spacial score (nSPS) is 18.2. The molecule has 0 unspecified atom stereocenters. The van der Waals surface area contributed by atoms with Crippen molar-refractivity contribution in [1.82, 2.24) is 10.3 Å². The molecule has 0 spiro atoms. The summed E-state index contributed by atoms with van der Waals surface area (Å²) in [5.41, 5.74) is 0. The van der Waals surface area contributed by atoms with E-state index in [1.165, 1.54) is 44.9 Å². The zero-order valence-electron chi connectivity index (χ0n) is 12.0. The van der Waals surface area contributed by atoms with E-state index in [9.17, 15) is 0 Å². The highest BCUT2D eigenvalue weighted by atomic mass is 16.5. The molecule has 1 N–H and O–H groups in total. The number of aromatic nitrogens is 1. The SMILES string of the molecule is COCCNCc1ncc(C2CCCCCCC2)o1. The van der Waals surface area contributed by atoms with E-state index in [2.05, 4.69) is 10.3 Å². The van der Waals surface area contributed by atoms with Gasteiger partial charge in [0.15, 0.2) is 0 Å². The third-order valence-corrected chi connectivity index (χ3v) is 3.84. The van der Waals surface area contributed by atoms with Gasteiger partial charge in [-0.3, -0.25) is 0 Å². The Balaban J connectivity index is 1.81. The summed E-state index contributed by atoms with van der Waals surface area (Å²) in [6, 6.07) is 0. The summed E-state index contributed by atoms with van der Waals surface area (Å²) >= 11 is 0. The summed E-state index contributed by atoms with van der Waals surface area (Å²) in [4.78, 5) is 4.37. The smallest absolute Gasteiger partial charge is 0.208 e. The average Bonchev–Trinajstić information content (AvgIpc) is 2.83. The van der Waals surface area contributed by atoms with Crippen LogP contribution in [0.15, 0.2) is 10.6 Å². The van der Waals surface area contributed by atoms with Gasteiger partial charge in [0.05, 0.1) is 19.3 Å². The molecule has 0 atom stereocenters. The van der Waals surface area contributed by atoms with Crippen LogP contribution in [-0.4, -0.2) is 25.2 Å². The van der Waals surface area contributed by atoms with Crippen molar-refractivity contribution >= 4 is 0 Å². The summed E-state index contributed by atoms with van der Waals surface area (Å²) < 4.78 is 10.9. The lowest BCUT2D eigenvalue weighted by atomic mass is 9.90. The number of hydrogen-bond acceptors (Lipinski definition) is 4. The monoisotopic (exact) mass is 266 g/mol. The van der Waals surface area contributed by atoms with Gasteiger partial charge in [-0.2, -0.15) is 0 Å². The molecule has 0 saturated heterocycles. The van der Waals surface area contributed by atoms with Crippen LogP contribution < -0.4 is 5.32 Å². The zero-order chi connectivity index (χ0) is 13.3. The lowest BCUT2D eigenvalue weighted by Gasteiger charge is -2.16. The molecule has 19 heavy (non-hydrogen) atoms. The number of methoxy groups -OCH3 is 1. The molecule has 0 amide bonds. The second-order valence-electron chi connectivity index (χ2n) is 5.37. The number of rotatable bonds is 6. The van der Waals surface area contributed by atoms with E-state index in [4.69, 9.17) is 9.15 Å². The van der Waals surface area contributed by atoms with Gasteiger partial charge in [-0.25, -0.2) is 4.98 Å². The second kappa shape index (κ2) is 8.33. The summed E-state index contributed by atoms with van der Waals surface area (Å²) in [6.45, 7) is 2.24. The first kappa shape index (κ1) is 14.5. The average molecular weight is 266 g/mol. The van der Waals surface area contributed by atoms with Crippen LogP contribution in [0.25, 0.3) is 0 Å². The fourth-order valence-corrected chi connectivity index (χ4v) is 2.71. The molecule has 1 aliphatic rings. The van der Waals surface area contributed by atoms with Gasteiger partial charge in [-0.15, -0.1) is 0 Å². The van der Waals surface area contributed by atoms with Gasteiger partial charge >= 0.3 is 0 Å². The molecule has 0 bridgehead atoms. The Morgan fingerprint density at radius 3 is 2.74 bits per heavy atom. The van der Waals surface area contributed by atoms with Crippen molar-refractivity contribution in [2.24, 2.45) is 0 Å². The fourth-order valence-electron chi connectivity index (χ4n) is 2.71. The molecule has 108 valence electrons. The van der Waals surface area contributed by atoms with Crippen molar-refractivity contribution in [3.63, 3.8) is 0 Å². The first-order valence-corrected chi connectivity index (χ1v) is 7.54. The maximum Gasteiger partial charge on any atom is 0.208 e. The van der Waals surface area contributed by atoms with Crippen LogP contribution in [0.3, 0.4) is 0 Å². The van der Waals surface area contributed by atoms with Crippen LogP contribution >= 0.6 is 0 Å². The lowest BCUT2D eigenvalue weighted by molar-refractivity contribution is 0.198. The van der Waals surface area contributed by atoms with Crippen molar-refractivity contribution in [3.05, 3.63) is 17.8 Å². The highest BCUT2D eigenvalue weighted by Gasteiger charge is 2.17. The van der Waals surface area contributed by atoms with Crippen LogP contribution in [-0.2, 0) is 11.3 Å². The van der Waals surface area contributed by atoms with Gasteiger partial charge in [0, 0.05) is 19.6 Å². The molecule has 1 aromatic rings. The lowest BCUT2D eigenvalue weighted by Crippen LogP contribution is -2.18. The molecule has 1 saturated carbocycles. The summed E-state index contributed by atoms with van der Waals surface area (Å²) in [6.07, 6.45) is 11.2. The van der Waals surface area contributed by atoms with E-state index in [-0.39, 0.29) is 0 Å². The first-order chi connectivity index (χ1) is 9.40. The highest BCUT2D eigenvalue weighted by Crippen LogP contribution is 2.31. The van der Waals surface area contributed by atoms with E-state index in [1.807, 2.05) is 6.20 Å². The third-order valence-electron chi connectivity index (χ3n) is 3.84. The number of hydrogen-bond donors (Lipinski definition) is 1. The summed E-state index contributed by atoms with van der Waals surface area (Å²) in [5.74, 6) is 2.47. The third kappa shape index (κ3) is 4.96. The van der Waals surface area contributed by atoms with Crippen molar-refractivity contribution in [2.75, 3.05) is 20.3 Å². The Bertz CT molecular complexity index is 344. The minimum absolute atomic E-state index is 0.584. The molecule has 0 radical (unpaired) electrons. The van der Waals surface area contributed by atoms with Crippen molar-refractivity contribution < 1.29 is 9.15 Å². The second-order valence-corrected chi connectivity index (χ2v) is 5.37. The molecule has 4 nitrogen and oxygen atoms in total. The van der Waals surface area contributed by atoms with Crippen molar-refractivity contribution in [2.45, 2.75) is 57.4 Å². The first-order valence-electron chi connectivity index (χ1n) is 7.54. The Morgan fingerprint density at radius 2 is 2.00 bits per heavy atom. The molecule has 4 heteroatoms. The van der Waals surface area contributed by atoms with Crippen LogP contribution in [0.5, 0.6) is 0 Å². The molecular weight excluding hydrogens is 240 g/mol. The van der Waals surface area contributed by atoms with Gasteiger partial charge in [0.2, 0.25) is 5.89 Å². The van der Waals surface area contributed by atoms with Crippen LogP contribution in [0.2, 0.25) is 0 Å². The summed E-state index contributed by atoms with van der Waals surface area (Å²) in [5, 5.41) is 3.26. The Morgan fingerprint density at radius 1 is 1.26 bits per heavy atom. The highest BCUT2D eigenvalue weighted by molar-refractivity contribution is 5.02. The van der Waals surface area contributed by atoms with Gasteiger partial charge in [-0.1, -0.05) is 32.1 Å². The van der Waals surface area contributed by atoms with Gasteiger partial charge < -0.3 is 14.5 Å².